The van der Waals surface area contributed by atoms with E-state index in [1.165, 1.54) is 5.56 Å². The number of anilines is 3. The van der Waals surface area contributed by atoms with Gasteiger partial charge < -0.3 is 13.7 Å². The van der Waals surface area contributed by atoms with E-state index in [9.17, 15) is 0 Å². The molecule has 4 aromatic heterocycles. The van der Waals surface area contributed by atoms with Crippen molar-refractivity contribution in [2.75, 3.05) is 4.90 Å². The molecule has 0 N–H and O–H groups in total. The van der Waals surface area contributed by atoms with Crippen molar-refractivity contribution in [2.24, 2.45) is 0 Å². The van der Waals surface area contributed by atoms with E-state index in [1.54, 1.807) is 24.8 Å². The highest BCUT2D eigenvalue weighted by molar-refractivity contribution is 6.07. The van der Waals surface area contributed by atoms with Crippen LogP contribution in [0.25, 0.3) is 55.0 Å². The summed E-state index contributed by atoms with van der Waals surface area (Å²) >= 11 is 0. The molecular weight excluding hydrogens is 482 g/mol. The fourth-order valence-electron chi connectivity index (χ4n) is 5.42. The Kier molecular flexibility index (Phi) is 4.76. The molecule has 0 bridgehead atoms. The molecule has 8 aromatic rings. The van der Waals surface area contributed by atoms with Crippen LogP contribution < -0.4 is 4.90 Å². The summed E-state index contributed by atoms with van der Waals surface area (Å²) in [5.74, 6) is 0. The molecule has 0 saturated heterocycles. The molecule has 0 fully saturated rings. The highest BCUT2D eigenvalue weighted by atomic mass is 16.3. The second-order valence-electron chi connectivity index (χ2n) is 9.56. The van der Waals surface area contributed by atoms with Crippen LogP contribution in [-0.2, 0) is 0 Å². The monoisotopic (exact) mass is 503 g/mol. The van der Waals surface area contributed by atoms with Crippen LogP contribution >= 0.6 is 0 Å². The van der Waals surface area contributed by atoms with Crippen molar-refractivity contribution >= 4 is 60.9 Å². The Hall–Kier alpha value is -5.42. The second kappa shape index (κ2) is 8.57. The number of hydrogen-bond acceptors (Lipinski definition) is 5. The minimum absolute atomic E-state index is 0.777. The van der Waals surface area contributed by atoms with Gasteiger partial charge in [0.25, 0.3) is 0 Å². The van der Waals surface area contributed by atoms with E-state index in [0.717, 1.165) is 66.5 Å². The summed E-state index contributed by atoms with van der Waals surface area (Å²) in [4.78, 5) is 10.7. The van der Waals surface area contributed by atoms with Gasteiger partial charge in [0, 0.05) is 57.1 Å². The van der Waals surface area contributed by atoms with E-state index < -0.39 is 0 Å². The fraction of sp³-hybridized carbons (Fsp3) is 0. The first kappa shape index (κ1) is 21.6. The number of benzene rings is 4. The normalized spacial score (nSPS) is 11.6. The molecular formula is C34H21N3O2. The third-order valence-electron chi connectivity index (χ3n) is 7.25. The lowest BCUT2D eigenvalue weighted by Crippen LogP contribution is -2.09. The smallest absolute Gasteiger partial charge is 0.153 e. The van der Waals surface area contributed by atoms with Crippen LogP contribution in [0, 0.1) is 0 Å². The van der Waals surface area contributed by atoms with Crippen LogP contribution in [0.15, 0.2) is 137 Å². The van der Waals surface area contributed by atoms with Crippen molar-refractivity contribution in [3.05, 3.63) is 128 Å². The predicted octanol–water partition coefficient (Wildman–Crippen LogP) is 9.41. The SMILES string of the molecule is c1ccc(-c2cccc(N(c3ccc4c(c3)oc3cnccc34)c3ccc4oc5cnccc5c4c3)c2)cc1. The largest absolute Gasteiger partial charge is 0.454 e. The summed E-state index contributed by atoms with van der Waals surface area (Å²) < 4.78 is 12.3. The number of aromatic nitrogens is 2. The third-order valence-corrected chi connectivity index (χ3v) is 7.25. The van der Waals surface area contributed by atoms with Gasteiger partial charge >= 0.3 is 0 Å². The summed E-state index contributed by atoms with van der Waals surface area (Å²) in [7, 11) is 0. The van der Waals surface area contributed by atoms with Crippen LogP contribution in [0.3, 0.4) is 0 Å². The molecule has 4 heterocycles. The summed E-state index contributed by atoms with van der Waals surface area (Å²) in [6.45, 7) is 0. The lowest BCUT2D eigenvalue weighted by atomic mass is 10.0. The molecule has 5 nitrogen and oxygen atoms in total. The summed E-state index contributed by atoms with van der Waals surface area (Å²) in [6.07, 6.45) is 7.13. The van der Waals surface area contributed by atoms with Gasteiger partial charge in [-0.2, -0.15) is 0 Å². The van der Waals surface area contributed by atoms with E-state index in [1.807, 2.05) is 24.3 Å². The van der Waals surface area contributed by atoms with Crippen LogP contribution in [0.2, 0.25) is 0 Å². The Bertz CT molecular complexity index is 2140. The van der Waals surface area contributed by atoms with E-state index in [4.69, 9.17) is 8.83 Å². The first-order chi connectivity index (χ1) is 19.3. The van der Waals surface area contributed by atoms with E-state index >= 15 is 0 Å². The number of fused-ring (bicyclic) bond motifs is 6. The second-order valence-corrected chi connectivity index (χ2v) is 9.56. The van der Waals surface area contributed by atoms with Gasteiger partial charge in [-0.1, -0.05) is 42.5 Å². The molecule has 39 heavy (non-hydrogen) atoms. The topological polar surface area (TPSA) is 55.3 Å². The van der Waals surface area contributed by atoms with Crippen molar-refractivity contribution in [3.8, 4) is 11.1 Å². The van der Waals surface area contributed by atoms with Gasteiger partial charge in [0.15, 0.2) is 11.2 Å². The molecule has 0 atom stereocenters. The number of pyridine rings is 2. The predicted molar refractivity (Wildman–Crippen MR) is 157 cm³/mol. The zero-order valence-electron chi connectivity index (χ0n) is 20.8. The Morgan fingerprint density at radius 3 is 1.90 bits per heavy atom. The summed E-state index contributed by atoms with van der Waals surface area (Å²) in [5.41, 5.74) is 8.58. The zero-order chi connectivity index (χ0) is 25.8. The molecule has 184 valence electrons. The first-order valence-corrected chi connectivity index (χ1v) is 12.8. The van der Waals surface area contributed by atoms with Crippen LogP contribution in [0.1, 0.15) is 0 Å². The standard InChI is InChI=1S/C34H21N3O2/c1-2-5-22(6-3-1)23-7-4-8-24(17-23)37(25-10-12-31-30(18-25)29-14-16-36-21-34(29)38-31)26-9-11-27-28-13-15-35-20-33(28)39-32(27)19-26/h1-21H. The van der Waals surface area contributed by atoms with E-state index in [0.29, 0.717) is 0 Å². The number of hydrogen-bond donors (Lipinski definition) is 0. The quantitative estimate of drug-likeness (QED) is 0.239. The molecule has 0 unspecified atom stereocenters. The minimum atomic E-state index is 0.777. The number of rotatable bonds is 4. The average Bonchev–Trinajstić information content (AvgIpc) is 3.56. The average molecular weight is 504 g/mol. The van der Waals surface area contributed by atoms with Gasteiger partial charge in [-0.05, 0) is 65.7 Å². The molecule has 0 aliphatic heterocycles. The maximum atomic E-state index is 6.21. The van der Waals surface area contributed by atoms with Gasteiger partial charge in [0.05, 0.1) is 12.4 Å². The molecule has 0 spiro atoms. The van der Waals surface area contributed by atoms with E-state index in [2.05, 4.69) is 93.7 Å². The van der Waals surface area contributed by atoms with Crippen molar-refractivity contribution in [2.45, 2.75) is 0 Å². The molecule has 4 aromatic carbocycles. The highest BCUT2D eigenvalue weighted by Gasteiger charge is 2.18. The van der Waals surface area contributed by atoms with Crippen LogP contribution in [-0.4, -0.2) is 9.97 Å². The van der Waals surface area contributed by atoms with E-state index in [-0.39, 0.29) is 0 Å². The van der Waals surface area contributed by atoms with Crippen molar-refractivity contribution in [3.63, 3.8) is 0 Å². The summed E-state index contributed by atoms with van der Waals surface area (Å²) in [6, 6.07) is 35.7. The Labute approximate surface area is 223 Å². The van der Waals surface area contributed by atoms with Gasteiger partial charge in [-0.15, -0.1) is 0 Å². The van der Waals surface area contributed by atoms with Crippen LogP contribution in [0.4, 0.5) is 17.1 Å². The van der Waals surface area contributed by atoms with Gasteiger partial charge in [-0.3, -0.25) is 9.97 Å². The lowest BCUT2D eigenvalue weighted by Gasteiger charge is -2.26. The first-order valence-electron chi connectivity index (χ1n) is 12.8. The zero-order valence-corrected chi connectivity index (χ0v) is 20.8. The van der Waals surface area contributed by atoms with Gasteiger partial charge in [0.2, 0.25) is 0 Å². The molecule has 0 aliphatic carbocycles. The number of nitrogens with zero attached hydrogens (tertiary/aromatic N) is 3. The Morgan fingerprint density at radius 1 is 0.436 bits per heavy atom. The Morgan fingerprint density at radius 2 is 1.08 bits per heavy atom. The van der Waals surface area contributed by atoms with Crippen molar-refractivity contribution in [1.82, 2.24) is 9.97 Å². The van der Waals surface area contributed by atoms with Gasteiger partial charge in [0.1, 0.15) is 11.2 Å². The van der Waals surface area contributed by atoms with Crippen LogP contribution in [0.5, 0.6) is 0 Å². The van der Waals surface area contributed by atoms with Crippen molar-refractivity contribution in [1.29, 1.82) is 0 Å². The maximum Gasteiger partial charge on any atom is 0.153 e. The Balaban J connectivity index is 1.36. The molecule has 5 heteroatoms. The van der Waals surface area contributed by atoms with Crippen molar-refractivity contribution < 1.29 is 8.83 Å². The lowest BCUT2D eigenvalue weighted by molar-refractivity contribution is 0.666. The molecule has 0 aliphatic rings. The molecule has 0 amide bonds. The molecule has 8 rings (SSSR count). The molecule has 0 saturated carbocycles. The fourth-order valence-corrected chi connectivity index (χ4v) is 5.42. The highest BCUT2D eigenvalue weighted by Crippen LogP contribution is 2.41. The third kappa shape index (κ3) is 3.55. The summed E-state index contributed by atoms with van der Waals surface area (Å²) in [5, 5.41) is 4.21. The minimum Gasteiger partial charge on any atom is -0.454 e. The maximum absolute atomic E-state index is 6.21. The molecule has 0 radical (unpaired) electrons. The van der Waals surface area contributed by atoms with Gasteiger partial charge in [-0.25, -0.2) is 0 Å². The number of furan rings is 2.